The highest BCUT2D eigenvalue weighted by Crippen LogP contribution is 2.71. The SMILES string of the molecule is CC(C)C(=O)OC1CCC2(C=O)C3CCC4(C)C(c5ccc(=O)oc5)CCC4(O)C3CCC2(O)C1. The fraction of sp³-hybridized carbons (Fsp3) is 0.750. The molecule has 7 heteroatoms. The van der Waals surface area contributed by atoms with E-state index < -0.39 is 22.0 Å². The van der Waals surface area contributed by atoms with Gasteiger partial charge in [-0.25, -0.2) is 4.79 Å². The Hall–Kier alpha value is -1.99. The van der Waals surface area contributed by atoms with Gasteiger partial charge in [-0.15, -0.1) is 0 Å². The monoisotopic (exact) mass is 486 g/mol. The molecule has 192 valence electrons. The van der Waals surface area contributed by atoms with Gasteiger partial charge in [-0.2, -0.15) is 0 Å². The molecule has 35 heavy (non-hydrogen) atoms. The Kier molecular flexibility index (Phi) is 5.83. The van der Waals surface area contributed by atoms with E-state index in [0.29, 0.717) is 32.1 Å². The summed E-state index contributed by atoms with van der Waals surface area (Å²) in [6.07, 6.45) is 7.31. The molecule has 0 aromatic carbocycles. The van der Waals surface area contributed by atoms with Crippen LogP contribution in [0, 0.1) is 28.6 Å². The zero-order valence-electron chi connectivity index (χ0n) is 21.0. The van der Waals surface area contributed by atoms with E-state index in [1.54, 1.807) is 13.8 Å². The first kappa shape index (κ1) is 24.7. The lowest BCUT2D eigenvalue weighted by atomic mass is 9.41. The molecular weight excluding hydrogens is 448 g/mol. The number of aliphatic hydroxyl groups is 2. The van der Waals surface area contributed by atoms with Gasteiger partial charge in [-0.3, -0.25) is 4.79 Å². The minimum atomic E-state index is -1.24. The molecule has 5 rings (SSSR count). The standard InChI is InChI=1S/C28H38O7/c1-17(2)24(31)35-19-6-11-26(16-29)21-7-10-25(3)20(18-4-5-23(30)34-15-18)9-13-28(25,33)22(21)8-12-27(26,32)14-19/h4-5,15-17,19-22,32-33H,6-14H2,1-3H3. The first-order valence-corrected chi connectivity index (χ1v) is 13.2. The molecule has 8 unspecified atom stereocenters. The normalized spacial score (nSPS) is 44.7. The van der Waals surface area contributed by atoms with Crippen LogP contribution in [0.25, 0.3) is 0 Å². The summed E-state index contributed by atoms with van der Waals surface area (Å²) in [5, 5.41) is 24.2. The third kappa shape index (κ3) is 3.41. The van der Waals surface area contributed by atoms with Crippen molar-refractivity contribution < 1.29 is 29.0 Å². The van der Waals surface area contributed by atoms with Gasteiger partial charge in [-0.1, -0.05) is 20.8 Å². The summed E-state index contributed by atoms with van der Waals surface area (Å²) in [6.45, 7) is 5.72. The quantitative estimate of drug-likeness (QED) is 0.492. The molecule has 4 saturated carbocycles. The summed E-state index contributed by atoms with van der Waals surface area (Å²) in [4.78, 5) is 36.5. The van der Waals surface area contributed by atoms with Crippen LogP contribution in [0.1, 0.15) is 90.0 Å². The van der Waals surface area contributed by atoms with Gasteiger partial charge in [0.1, 0.15) is 12.4 Å². The third-order valence-corrected chi connectivity index (χ3v) is 10.6. The average molecular weight is 487 g/mol. The van der Waals surface area contributed by atoms with Crippen LogP contribution < -0.4 is 5.63 Å². The van der Waals surface area contributed by atoms with E-state index in [1.165, 1.54) is 12.3 Å². The highest BCUT2D eigenvalue weighted by molar-refractivity contribution is 5.72. The van der Waals surface area contributed by atoms with Gasteiger partial charge in [0.05, 0.1) is 28.8 Å². The maximum atomic E-state index is 12.8. The molecule has 0 amide bonds. The summed E-state index contributed by atoms with van der Waals surface area (Å²) in [7, 11) is 0. The second kappa shape index (κ2) is 8.27. The molecule has 0 saturated heterocycles. The fourth-order valence-electron chi connectivity index (χ4n) is 8.64. The topological polar surface area (TPSA) is 114 Å². The van der Waals surface area contributed by atoms with Gasteiger partial charge in [0, 0.05) is 17.9 Å². The summed E-state index contributed by atoms with van der Waals surface area (Å²) in [5.74, 6) is -0.663. The highest BCUT2D eigenvalue weighted by atomic mass is 16.5. The highest BCUT2D eigenvalue weighted by Gasteiger charge is 2.71. The van der Waals surface area contributed by atoms with E-state index in [-0.39, 0.29) is 47.8 Å². The van der Waals surface area contributed by atoms with Gasteiger partial charge in [-0.05, 0) is 80.8 Å². The number of fused-ring (bicyclic) bond motifs is 5. The van der Waals surface area contributed by atoms with Crippen molar-refractivity contribution in [1.29, 1.82) is 0 Å². The van der Waals surface area contributed by atoms with Crippen molar-refractivity contribution >= 4 is 12.3 Å². The Labute approximate surface area is 206 Å². The lowest BCUT2D eigenvalue weighted by Crippen LogP contribution is -2.68. The van der Waals surface area contributed by atoms with Crippen LogP contribution in [0.5, 0.6) is 0 Å². The molecule has 0 aliphatic heterocycles. The molecule has 0 bridgehead atoms. The molecule has 4 aliphatic carbocycles. The summed E-state index contributed by atoms with van der Waals surface area (Å²) in [6, 6.07) is 3.25. The lowest BCUT2D eigenvalue weighted by Gasteiger charge is -2.65. The van der Waals surface area contributed by atoms with Gasteiger partial charge < -0.3 is 24.2 Å². The number of hydrogen-bond acceptors (Lipinski definition) is 7. The maximum absolute atomic E-state index is 12.8. The van der Waals surface area contributed by atoms with Gasteiger partial charge in [0.2, 0.25) is 0 Å². The first-order valence-electron chi connectivity index (χ1n) is 13.2. The largest absolute Gasteiger partial charge is 0.462 e. The number of carbonyl (C=O) groups is 2. The van der Waals surface area contributed by atoms with Gasteiger partial charge in [0.25, 0.3) is 0 Å². The summed E-state index contributed by atoms with van der Waals surface area (Å²) < 4.78 is 10.8. The smallest absolute Gasteiger partial charge is 0.335 e. The van der Waals surface area contributed by atoms with Crippen molar-refractivity contribution in [3.05, 3.63) is 34.4 Å². The van der Waals surface area contributed by atoms with E-state index in [1.807, 2.05) is 6.07 Å². The maximum Gasteiger partial charge on any atom is 0.335 e. The van der Waals surface area contributed by atoms with Crippen molar-refractivity contribution in [3.63, 3.8) is 0 Å². The molecule has 4 fully saturated rings. The van der Waals surface area contributed by atoms with E-state index in [2.05, 4.69) is 6.92 Å². The number of rotatable bonds is 4. The van der Waals surface area contributed by atoms with Gasteiger partial charge in [0.15, 0.2) is 0 Å². The number of ether oxygens (including phenoxy) is 1. The predicted molar refractivity (Wildman–Crippen MR) is 127 cm³/mol. The summed E-state index contributed by atoms with van der Waals surface area (Å²) in [5.41, 5.74) is -2.99. The van der Waals surface area contributed by atoms with Crippen LogP contribution in [0.3, 0.4) is 0 Å². The van der Waals surface area contributed by atoms with Crippen molar-refractivity contribution in [2.75, 3.05) is 0 Å². The van der Waals surface area contributed by atoms with E-state index in [4.69, 9.17) is 9.15 Å². The Morgan fingerprint density at radius 2 is 1.83 bits per heavy atom. The van der Waals surface area contributed by atoms with Crippen LogP contribution in [-0.2, 0) is 14.3 Å². The molecule has 0 radical (unpaired) electrons. The van der Waals surface area contributed by atoms with Crippen LogP contribution in [0.2, 0.25) is 0 Å². The van der Waals surface area contributed by atoms with Crippen LogP contribution in [-0.4, -0.2) is 39.8 Å². The number of hydrogen-bond donors (Lipinski definition) is 2. The molecular formula is C28H38O7. The van der Waals surface area contributed by atoms with Crippen LogP contribution in [0.15, 0.2) is 27.6 Å². The minimum absolute atomic E-state index is 0.0666. The fourth-order valence-corrected chi connectivity index (χ4v) is 8.64. The Morgan fingerprint density at radius 1 is 1.09 bits per heavy atom. The molecule has 7 nitrogen and oxygen atoms in total. The molecule has 2 N–H and O–H groups in total. The Bertz CT molecular complexity index is 1040. The van der Waals surface area contributed by atoms with E-state index in [9.17, 15) is 24.6 Å². The third-order valence-electron chi connectivity index (χ3n) is 10.6. The second-order valence-corrected chi connectivity index (χ2v) is 12.3. The molecule has 1 heterocycles. The first-order chi connectivity index (χ1) is 16.5. The summed E-state index contributed by atoms with van der Waals surface area (Å²) >= 11 is 0. The minimum Gasteiger partial charge on any atom is -0.462 e. The molecule has 1 aromatic heterocycles. The Balaban J connectivity index is 1.44. The van der Waals surface area contributed by atoms with Gasteiger partial charge >= 0.3 is 11.6 Å². The number of esters is 1. The number of carbonyl (C=O) groups excluding carboxylic acids is 2. The van der Waals surface area contributed by atoms with Crippen molar-refractivity contribution in [3.8, 4) is 0 Å². The van der Waals surface area contributed by atoms with Crippen LogP contribution in [0.4, 0.5) is 0 Å². The zero-order valence-corrected chi connectivity index (χ0v) is 21.0. The number of aldehydes is 1. The molecule has 8 atom stereocenters. The Morgan fingerprint density at radius 3 is 2.49 bits per heavy atom. The predicted octanol–water partition coefficient (Wildman–Crippen LogP) is 3.74. The average Bonchev–Trinajstić information content (AvgIpc) is 3.10. The molecule has 0 spiro atoms. The van der Waals surface area contributed by atoms with Crippen LogP contribution >= 0.6 is 0 Å². The van der Waals surface area contributed by atoms with Crippen molar-refractivity contribution in [2.24, 2.45) is 28.6 Å². The zero-order chi connectivity index (χ0) is 25.2. The molecule has 1 aromatic rings. The van der Waals surface area contributed by atoms with E-state index >= 15 is 0 Å². The van der Waals surface area contributed by atoms with Crippen molar-refractivity contribution in [2.45, 2.75) is 102 Å². The second-order valence-electron chi connectivity index (χ2n) is 12.3. The lowest BCUT2D eigenvalue weighted by molar-refractivity contribution is -0.248. The van der Waals surface area contributed by atoms with E-state index in [0.717, 1.165) is 31.1 Å². The molecule has 4 aliphatic rings. The van der Waals surface area contributed by atoms with Crippen molar-refractivity contribution in [1.82, 2.24) is 0 Å².